The van der Waals surface area contributed by atoms with Crippen molar-refractivity contribution in [3.63, 3.8) is 0 Å². The van der Waals surface area contributed by atoms with Crippen LogP contribution in [0, 0.1) is 0 Å². The number of unbranched alkanes of at least 4 members (excludes halogenated alkanes) is 27. The zero-order valence-corrected chi connectivity index (χ0v) is 38.1. The molecule has 1 rings (SSSR count). The van der Waals surface area contributed by atoms with E-state index in [9.17, 15) is 28.5 Å². The number of aliphatic hydroxyl groups excluding tert-OH is 3. The lowest BCUT2D eigenvalue weighted by Gasteiger charge is -2.41. The summed E-state index contributed by atoms with van der Waals surface area (Å²) < 4.78 is 59.0. The van der Waals surface area contributed by atoms with Crippen LogP contribution in [0.1, 0.15) is 213 Å². The molecular formula is C46H88O12S. The van der Waals surface area contributed by atoms with Gasteiger partial charge in [0, 0.05) is 13.0 Å². The Balaban J connectivity index is 2.35. The third kappa shape index (κ3) is 32.2. The predicted molar refractivity (Wildman–Crippen MR) is 234 cm³/mol. The minimum absolute atomic E-state index is 0.0406. The van der Waals surface area contributed by atoms with E-state index >= 15 is 0 Å². The summed E-state index contributed by atoms with van der Waals surface area (Å²) in [6.07, 6.45) is 32.5. The molecule has 0 saturated carbocycles. The summed E-state index contributed by atoms with van der Waals surface area (Å²) in [7, 11) is -5.06. The molecule has 0 radical (unpaired) electrons. The van der Waals surface area contributed by atoms with Crippen molar-refractivity contribution in [2.45, 2.75) is 250 Å². The molecule has 6 atom stereocenters. The summed E-state index contributed by atoms with van der Waals surface area (Å²) in [4.78, 5) is 12.9. The number of hydrogen-bond acceptors (Lipinski definition) is 11. The van der Waals surface area contributed by atoms with E-state index in [2.05, 4.69) is 30.2 Å². The van der Waals surface area contributed by atoms with Gasteiger partial charge in [-0.3, -0.25) is 9.35 Å². The highest BCUT2D eigenvalue weighted by Crippen LogP contribution is 2.26. The smallest absolute Gasteiger partial charge is 0.397 e. The van der Waals surface area contributed by atoms with Crippen molar-refractivity contribution in [3.8, 4) is 0 Å². The SMILES string of the molecule is CCCCCCCCCC/C=C\CCCCCCCCCCCC(=O)OC(COCCCCCCCCCCCCC)COC1OC(CO)C(O)C(OS(=O)(=O)O)C1O. The molecule has 12 nitrogen and oxygen atoms in total. The van der Waals surface area contributed by atoms with Crippen LogP contribution in [0.4, 0.5) is 0 Å². The third-order valence-corrected chi connectivity index (χ3v) is 11.6. The van der Waals surface area contributed by atoms with Crippen LogP contribution in [0.15, 0.2) is 12.2 Å². The van der Waals surface area contributed by atoms with Crippen LogP contribution in [0.25, 0.3) is 0 Å². The van der Waals surface area contributed by atoms with Crippen molar-refractivity contribution in [1.82, 2.24) is 0 Å². The largest absolute Gasteiger partial charge is 0.457 e. The van der Waals surface area contributed by atoms with Gasteiger partial charge in [-0.05, 0) is 38.5 Å². The summed E-state index contributed by atoms with van der Waals surface area (Å²) in [5, 5.41) is 30.6. The van der Waals surface area contributed by atoms with Gasteiger partial charge in [0.2, 0.25) is 0 Å². The minimum Gasteiger partial charge on any atom is -0.457 e. The van der Waals surface area contributed by atoms with E-state index in [0.717, 1.165) is 38.5 Å². The van der Waals surface area contributed by atoms with E-state index in [4.69, 9.17) is 23.5 Å². The van der Waals surface area contributed by atoms with Crippen LogP contribution in [-0.2, 0) is 38.3 Å². The second kappa shape index (κ2) is 38.5. The Morgan fingerprint density at radius 2 is 1.07 bits per heavy atom. The zero-order valence-electron chi connectivity index (χ0n) is 37.3. The molecule has 1 saturated heterocycles. The first-order valence-electron chi connectivity index (χ1n) is 23.9. The molecular weight excluding hydrogens is 777 g/mol. The fourth-order valence-electron chi connectivity index (χ4n) is 7.49. The number of ether oxygens (including phenoxy) is 4. The second-order valence-corrected chi connectivity index (χ2v) is 17.8. The number of hydrogen-bond donors (Lipinski definition) is 4. The maximum Gasteiger partial charge on any atom is 0.397 e. The maximum atomic E-state index is 12.9. The average Bonchev–Trinajstić information content (AvgIpc) is 3.20. The minimum atomic E-state index is -5.06. The van der Waals surface area contributed by atoms with Gasteiger partial charge in [0.1, 0.15) is 30.5 Å². The molecule has 1 fully saturated rings. The summed E-state index contributed by atoms with van der Waals surface area (Å²) in [6, 6.07) is 0. The third-order valence-electron chi connectivity index (χ3n) is 11.1. The normalized spacial score (nSPS) is 20.4. The number of carbonyl (C=O) groups excluding carboxylic acids is 1. The first-order valence-corrected chi connectivity index (χ1v) is 25.3. The van der Waals surface area contributed by atoms with Crippen LogP contribution < -0.4 is 0 Å². The first-order chi connectivity index (χ1) is 28.6. The quantitative estimate of drug-likeness (QED) is 0.0198. The Hall–Kier alpha value is -1.16. The van der Waals surface area contributed by atoms with Crippen molar-refractivity contribution in [3.05, 3.63) is 12.2 Å². The zero-order chi connectivity index (χ0) is 43.2. The van der Waals surface area contributed by atoms with Gasteiger partial charge in [0.15, 0.2) is 6.29 Å². The number of allylic oxidation sites excluding steroid dienone is 2. The number of esters is 1. The van der Waals surface area contributed by atoms with E-state index in [1.165, 1.54) is 148 Å². The van der Waals surface area contributed by atoms with Crippen LogP contribution >= 0.6 is 0 Å². The number of aliphatic hydroxyl groups is 3. The van der Waals surface area contributed by atoms with Crippen LogP contribution in [0.5, 0.6) is 0 Å². The van der Waals surface area contributed by atoms with Gasteiger partial charge in [-0.25, -0.2) is 4.18 Å². The van der Waals surface area contributed by atoms with Gasteiger partial charge in [0.25, 0.3) is 0 Å². The molecule has 0 bridgehead atoms. The monoisotopic (exact) mass is 865 g/mol. The second-order valence-electron chi connectivity index (χ2n) is 16.7. The molecule has 0 spiro atoms. The van der Waals surface area contributed by atoms with Gasteiger partial charge in [-0.1, -0.05) is 180 Å². The molecule has 4 N–H and O–H groups in total. The van der Waals surface area contributed by atoms with Crippen molar-refractivity contribution < 1.29 is 56.2 Å². The van der Waals surface area contributed by atoms with Crippen LogP contribution in [0.3, 0.4) is 0 Å². The van der Waals surface area contributed by atoms with E-state index in [1.54, 1.807) is 0 Å². The van der Waals surface area contributed by atoms with Gasteiger partial charge < -0.3 is 34.3 Å². The van der Waals surface area contributed by atoms with Crippen LogP contribution in [0.2, 0.25) is 0 Å². The maximum absolute atomic E-state index is 12.9. The van der Waals surface area contributed by atoms with E-state index in [1.807, 2.05) is 0 Å². The fraction of sp³-hybridized carbons (Fsp3) is 0.935. The lowest BCUT2D eigenvalue weighted by Crippen LogP contribution is -2.60. The Morgan fingerprint density at radius 3 is 1.53 bits per heavy atom. The van der Waals surface area contributed by atoms with Crippen molar-refractivity contribution in [2.75, 3.05) is 26.4 Å². The summed E-state index contributed by atoms with van der Waals surface area (Å²) >= 11 is 0. The molecule has 0 aliphatic carbocycles. The lowest BCUT2D eigenvalue weighted by molar-refractivity contribution is -0.301. The topological polar surface area (TPSA) is 178 Å². The van der Waals surface area contributed by atoms with E-state index in [0.29, 0.717) is 13.0 Å². The molecule has 0 aromatic rings. The summed E-state index contributed by atoms with van der Waals surface area (Å²) in [6.45, 7) is 4.01. The van der Waals surface area contributed by atoms with Crippen molar-refractivity contribution in [2.24, 2.45) is 0 Å². The summed E-state index contributed by atoms with van der Waals surface area (Å²) in [5.74, 6) is -0.398. The number of rotatable bonds is 42. The molecule has 59 heavy (non-hydrogen) atoms. The van der Waals surface area contributed by atoms with Gasteiger partial charge in [-0.2, -0.15) is 8.42 Å². The Morgan fingerprint density at radius 1 is 0.627 bits per heavy atom. The molecule has 0 aromatic carbocycles. The van der Waals surface area contributed by atoms with Gasteiger partial charge in [0.05, 0.1) is 19.8 Å². The molecule has 1 aliphatic rings. The average molecular weight is 865 g/mol. The molecule has 1 heterocycles. The Bertz CT molecular complexity index is 1090. The predicted octanol–water partition coefficient (Wildman–Crippen LogP) is 10.2. The highest BCUT2D eigenvalue weighted by atomic mass is 32.3. The molecule has 0 aromatic heterocycles. The van der Waals surface area contributed by atoms with Gasteiger partial charge in [-0.15, -0.1) is 0 Å². The van der Waals surface area contributed by atoms with Crippen molar-refractivity contribution in [1.29, 1.82) is 0 Å². The Kier molecular flexibility index (Phi) is 36.5. The van der Waals surface area contributed by atoms with Crippen LogP contribution in [-0.4, -0.2) is 97.5 Å². The fourth-order valence-corrected chi connectivity index (χ4v) is 8.00. The summed E-state index contributed by atoms with van der Waals surface area (Å²) in [5.41, 5.74) is 0. The van der Waals surface area contributed by atoms with E-state index < -0.39 is 59.8 Å². The highest BCUT2D eigenvalue weighted by molar-refractivity contribution is 7.80. The highest BCUT2D eigenvalue weighted by Gasteiger charge is 2.48. The molecule has 350 valence electrons. The molecule has 13 heteroatoms. The molecule has 6 unspecified atom stereocenters. The first kappa shape index (κ1) is 55.9. The molecule has 1 aliphatic heterocycles. The van der Waals surface area contributed by atoms with Gasteiger partial charge >= 0.3 is 16.4 Å². The van der Waals surface area contributed by atoms with E-state index in [-0.39, 0.29) is 19.6 Å². The standard InChI is InChI=1S/C46H88O12S/c1-3-5-7-9-11-13-15-16-17-18-19-20-21-22-23-24-25-27-29-31-33-35-42(48)56-40(38-54-36-34-32-30-28-26-14-12-10-8-6-4-2)39-55-46-44(50)45(58-59(51,52)53)43(49)41(37-47)57-46/h18-19,40-41,43-47,49-50H,3-17,20-39H2,1-2H3,(H,51,52,53)/b19-18-. The lowest BCUT2D eigenvalue weighted by atomic mass is 9.99. The molecule has 0 amide bonds. The number of carbonyl (C=O) groups is 1. The Labute approximate surface area is 359 Å². The van der Waals surface area contributed by atoms with Crippen molar-refractivity contribution >= 4 is 16.4 Å².